The van der Waals surface area contributed by atoms with Gasteiger partial charge in [-0.15, -0.1) is 11.3 Å². The van der Waals surface area contributed by atoms with Gasteiger partial charge in [0, 0.05) is 29.6 Å². The molecule has 3 heterocycles. The van der Waals surface area contributed by atoms with E-state index in [1.54, 1.807) is 11.3 Å². The standard InChI is InChI=1S/C16H24ClNO3S/c1-10-8-16(4-6-18(10)5-3-11(2)19)15-12(7-14(17)22-15)13(20)9-21-16/h7,10-11,13,19-20H,3-6,8-9H2,1-2H3/t10-,11?,13-,16+/m0/s1. The zero-order valence-corrected chi connectivity index (χ0v) is 14.7. The number of halogens is 1. The Hall–Kier alpha value is -0.170. The quantitative estimate of drug-likeness (QED) is 0.884. The number of aliphatic hydroxyl groups excluding tert-OH is 2. The molecule has 22 heavy (non-hydrogen) atoms. The van der Waals surface area contributed by atoms with Crippen molar-refractivity contribution >= 4 is 22.9 Å². The third-order valence-electron chi connectivity index (χ3n) is 4.91. The number of thiophene rings is 1. The molecule has 1 aromatic heterocycles. The molecule has 124 valence electrons. The fraction of sp³-hybridized carbons (Fsp3) is 0.750. The summed E-state index contributed by atoms with van der Waals surface area (Å²) in [6.07, 6.45) is 1.80. The topological polar surface area (TPSA) is 52.9 Å². The maximum absolute atomic E-state index is 10.1. The fourth-order valence-electron chi connectivity index (χ4n) is 3.65. The van der Waals surface area contributed by atoms with Crippen LogP contribution in [-0.2, 0) is 10.3 Å². The Labute approximate surface area is 140 Å². The van der Waals surface area contributed by atoms with Crippen molar-refractivity contribution in [3.05, 3.63) is 20.8 Å². The van der Waals surface area contributed by atoms with E-state index in [0.717, 1.165) is 47.1 Å². The minimum absolute atomic E-state index is 0.258. The molecule has 0 aliphatic carbocycles. The Morgan fingerprint density at radius 2 is 2.36 bits per heavy atom. The summed E-state index contributed by atoms with van der Waals surface area (Å²) in [5, 5.41) is 19.6. The van der Waals surface area contributed by atoms with Gasteiger partial charge in [-0.2, -0.15) is 0 Å². The molecule has 6 heteroatoms. The second-order valence-electron chi connectivity index (χ2n) is 6.63. The number of ether oxygens (including phenoxy) is 1. The summed E-state index contributed by atoms with van der Waals surface area (Å²) in [6, 6.07) is 2.28. The highest BCUT2D eigenvalue weighted by Crippen LogP contribution is 2.50. The smallest absolute Gasteiger partial charge is 0.105 e. The van der Waals surface area contributed by atoms with Crippen LogP contribution in [0.5, 0.6) is 0 Å². The van der Waals surface area contributed by atoms with Gasteiger partial charge in [0.05, 0.1) is 17.0 Å². The lowest BCUT2D eigenvalue weighted by Crippen LogP contribution is -2.51. The summed E-state index contributed by atoms with van der Waals surface area (Å²) in [6.45, 7) is 6.25. The molecule has 0 radical (unpaired) electrons. The molecule has 0 amide bonds. The van der Waals surface area contributed by atoms with E-state index >= 15 is 0 Å². The molecular weight excluding hydrogens is 322 g/mol. The van der Waals surface area contributed by atoms with Crippen LogP contribution < -0.4 is 0 Å². The van der Waals surface area contributed by atoms with Crippen LogP contribution in [0.15, 0.2) is 6.07 Å². The van der Waals surface area contributed by atoms with Crippen molar-refractivity contribution < 1.29 is 14.9 Å². The Balaban J connectivity index is 1.78. The molecule has 1 fully saturated rings. The van der Waals surface area contributed by atoms with Gasteiger partial charge >= 0.3 is 0 Å². The Bertz CT molecular complexity index is 535. The Kier molecular flexibility index (Phi) is 4.84. The molecule has 1 saturated heterocycles. The average Bonchev–Trinajstić information content (AvgIpc) is 2.86. The molecule has 1 aromatic rings. The first-order valence-corrected chi connectivity index (χ1v) is 9.14. The monoisotopic (exact) mass is 345 g/mol. The minimum atomic E-state index is -0.562. The molecule has 3 rings (SSSR count). The van der Waals surface area contributed by atoms with E-state index in [9.17, 15) is 10.2 Å². The highest BCUT2D eigenvalue weighted by molar-refractivity contribution is 7.16. The van der Waals surface area contributed by atoms with Crippen LogP contribution in [0, 0.1) is 0 Å². The van der Waals surface area contributed by atoms with Crippen LogP contribution in [0.25, 0.3) is 0 Å². The Morgan fingerprint density at radius 3 is 3.05 bits per heavy atom. The number of nitrogens with zero attached hydrogens (tertiary/aromatic N) is 1. The van der Waals surface area contributed by atoms with Gasteiger partial charge in [-0.05, 0) is 39.2 Å². The van der Waals surface area contributed by atoms with Gasteiger partial charge in [-0.1, -0.05) is 11.6 Å². The van der Waals surface area contributed by atoms with Crippen molar-refractivity contribution in [2.45, 2.75) is 57.0 Å². The fourth-order valence-corrected chi connectivity index (χ4v) is 5.12. The molecule has 4 atom stereocenters. The summed E-state index contributed by atoms with van der Waals surface area (Å²) in [5.74, 6) is 0. The molecule has 0 saturated carbocycles. The van der Waals surface area contributed by atoms with E-state index < -0.39 is 6.10 Å². The van der Waals surface area contributed by atoms with Crippen molar-refractivity contribution in [3.63, 3.8) is 0 Å². The highest BCUT2D eigenvalue weighted by atomic mass is 35.5. The third kappa shape index (κ3) is 3.07. The highest BCUT2D eigenvalue weighted by Gasteiger charge is 2.46. The molecule has 2 aliphatic rings. The lowest BCUT2D eigenvalue weighted by atomic mass is 9.81. The van der Waals surface area contributed by atoms with E-state index in [0.29, 0.717) is 12.6 Å². The van der Waals surface area contributed by atoms with Crippen LogP contribution in [0.4, 0.5) is 0 Å². The SMILES string of the molecule is CC(O)CCN1CC[C@]2(C[C@@H]1C)OC[C@H](O)c1cc(Cl)sc12. The van der Waals surface area contributed by atoms with Crippen LogP contribution in [0.1, 0.15) is 49.7 Å². The van der Waals surface area contributed by atoms with E-state index in [2.05, 4.69) is 11.8 Å². The van der Waals surface area contributed by atoms with Gasteiger partial charge in [-0.25, -0.2) is 0 Å². The summed E-state index contributed by atoms with van der Waals surface area (Å²) in [4.78, 5) is 3.53. The van der Waals surface area contributed by atoms with Crippen LogP contribution in [0.3, 0.4) is 0 Å². The number of hydrogen-bond donors (Lipinski definition) is 2. The molecular formula is C16H24ClNO3S. The van der Waals surface area contributed by atoms with Crippen molar-refractivity contribution in [2.24, 2.45) is 0 Å². The Morgan fingerprint density at radius 1 is 1.59 bits per heavy atom. The van der Waals surface area contributed by atoms with Crippen LogP contribution in [-0.4, -0.2) is 47.0 Å². The number of fused-ring (bicyclic) bond motifs is 2. The van der Waals surface area contributed by atoms with Gasteiger partial charge < -0.3 is 19.8 Å². The second kappa shape index (κ2) is 6.38. The zero-order valence-electron chi connectivity index (χ0n) is 13.1. The van der Waals surface area contributed by atoms with Gasteiger partial charge in [0.15, 0.2) is 0 Å². The summed E-state index contributed by atoms with van der Waals surface area (Å²) in [5.41, 5.74) is 0.651. The maximum Gasteiger partial charge on any atom is 0.105 e. The van der Waals surface area contributed by atoms with E-state index in [1.165, 1.54) is 0 Å². The summed E-state index contributed by atoms with van der Waals surface area (Å²) >= 11 is 7.72. The lowest BCUT2D eigenvalue weighted by molar-refractivity contribution is -0.138. The first-order valence-electron chi connectivity index (χ1n) is 7.95. The summed E-state index contributed by atoms with van der Waals surface area (Å²) in [7, 11) is 0. The molecule has 2 aliphatic heterocycles. The molecule has 1 unspecified atom stereocenters. The minimum Gasteiger partial charge on any atom is -0.393 e. The number of rotatable bonds is 3. The van der Waals surface area contributed by atoms with Gasteiger partial charge in [0.25, 0.3) is 0 Å². The van der Waals surface area contributed by atoms with E-state index in [4.69, 9.17) is 16.3 Å². The summed E-state index contributed by atoms with van der Waals surface area (Å²) < 4.78 is 6.85. The molecule has 2 N–H and O–H groups in total. The second-order valence-corrected chi connectivity index (χ2v) is 8.32. The van der Waals surface area contributed by atoms with E-state index in [1.807, 2.05) is 13.0 Å². The van der Waals surface area contributed by atoms with Crippen molar-refractivity contribution in [2.75, 3.05) is 19.7 Å². The number of aliphatic hydroxyl groups is 2. The molecule has 0 bridgehead atoms. The number of piperidine rings is 1. The number of hydrogen-bond acceptors (Lipinski definition) is 5. The largest absolute Gasteiger partial charge is 0.393 e. The maximum atomic E-state index is 10.1. The first-order chi connectivity index (χ1) is 10.4. The van der Waals surface area contributed by atoms with Gasteiger partial charge in [-0.3, -0.25) is 0 Å². The van der Waals surface area contributed by atoms with Crippen LogP contribution >= 0.6 is 22.9 Å². The van der Waals surface area contributed by atoms with Crippen molar-refractivity contribution in [3.8, 4) is 0 Å². The molecule has 4 nitrogen and oxygen atoms in total. The van der Waals surface area contributed by atoms with Gasteiger partial charge in [0.2, 0.25) is 0 Å². The number of likely N-dealkylation sites (tertiary alicyclic amines) is 1. The zero-order chi connectivity index (χ0) is 15.9. The van der Waals surface area contributed by atoms with Crippen LogP contribution in [0.2, 0.25) is 4.34 Å². The predicted molar refractivity (Wildman–Crippen MR) is 88.5 cm³/mol. The lowest BCUT2D eigenvalue weighted by Gasteiger charge is -2.47. The van der Waals surface area contributed by atoms with Gasteiger partial charge in [0.1, 0.15) is 11.7 Å². The van der Waals surface area contributed by atoms with E-state index in [-0.39, 0.29) is 11.7 Å². The first kappa shape index (κ1) is 16.7. The molecule has 0 aromatic carbocycles. The normalized spacial score (nSPS) is 33.9. The van der Waals surface area contributed by atoms with Crippen molar-refractivity contribution in [1.29, 1.82) is 0 Å². The molecule has 1 spiro atoms. The predicted octanol–water partition coefficient (Wildman–Crippen LogP) is 2.92. The van der Waals surface area contributed by atoms with Crippen molar-refractivity contribution in [1.82, 2.24) is 4.90 Å². The third-order valence-corrected chi connectivity index (χ3v) is 6.37. The average molecular weight is 346 g/mol.